The van der Waals surface area contributed by atoms with Gasteiger partial charge in [-0.3, -0.25) is 14.4 Å². The third kappa shape index (κ3) is 4.38. The molecule has 116 valence electrons. The van der Waals surface area contributed by atoms with Gasteiger partial charge < -0.3 is 11.1 Å². The molecule has 0 unspecified atom stereocenters. The average molecular weight is 308 g/mol. The first-order chi connectivity index (χ1) is 11.0. The molecule has 0 aliphatic rings. The minimum Gasteiger partial charge on any atom is -0.366 e. The number of hydrogen-bond donors (Lipinski definition) is 2. The Morgan fingerprint density at radius 1 is 1.00 bits per heavy atom. The van der Waals surface area contributed by atoms with E-state index in [0.29, 0.717) is 11.3 Å². The molecule has 0 atom stereocenters. The zero-order valence-corrected chi connectivity index (χ0v) is 12.6. The number of carbonyl (C=O) groups is 3. The molecular weight excluding hydrogens is 292 g/mol. The van der Waals surface area contributed by atoms with Gasteiger partial charge in [0.05, 0.1) is 11.3 Å². The second-order valence-electron chi connectivity index (χ2n) is 4.91. The zero-order valence-electron chi connectivity index (χ0n) is 12.6. The van der Waals surface area contributed by atoms with Gasteiger partial charge in [-0.25, -0.2) is 0 Å². The predicted molar refractivity (Wildman–Crippen MR) is 89.1 cm³/mol. The van der Waals surface area contributed by atoms with Gasteiger partial charge in [-0.05, 0) is 30.7 Å². The summed E-state index contributed by atoms with van der Waals surface area (Å²) in [7, 11) is 0. The molecule has 0 aliphatic heterocycles. The van der Waals surface area contributed by atoms with Crippen molar-refractivity contribution in [2.45, 2.75) is 6.92 Å². The number of anilines is 1. The normalized spacial score (nSPS) is 10.5. The third-order valence-corrected chi connectivity index (χ3v) is 3.19. The van der Waals surface area contributed by atoms with Crippen LogP contribution in [-0.4, -0.2) is 17.6 Å². The lowest BCUT2D eigenvalue weighted by Gasteiger charge is -2.06. The lowest BCUT2D eigenvalue weighted by atomic mass is 10.1. The topological polar surface area (TPSA) is 89.3 Å². The Kier molecular flexibility index (Phi) is 5.04. The number of rotatable bonds is 5. The third-order valence-electron chi connectivity index (χ3n) is 3.19. The van der Waals surface area contributed by atoms with E-state index in [0.717, 1.165) is 5.56 Å². The Bertz CT molecular complexity index is 777. The first-order valence-electron chi connectivity index (χ1n) is 6.96. The Morgan fingerprint density at radius 3 is 2.26 bits per heavy atom. The van der Waals surface area contributed by atoms with Crippen molar-refractivity contribution in [2.75, 3.05) is 5.32 Å². The molecule has 5 heteroatoms. The van der Waals surface area contributed by atoms with Crippen molar-refractivity contribution in [3.05, 3.63) is 71.3 Å². The zero-order chi connectivity index (χ0) is 16.8. The van der Waals surface area contributed by atoms with Crippen LogP contribution < -0.4 is 11.1 Å². The summed E-state index contributed by atoms with van der Waals surface area (Å²) in [6, 6.07) is 13.4. The molecule has 0 aliphatic carbocycles. The van der Waals surface area contributed by atoms with Crippen molar-refractivity contribution in [2.24, 2.45) is 5.73 Å². The van der Waals surface area contributed by atoms with Crippen molar-refractivity contribution in [3.8, 4) is 0 Å². The molecule has 2 aromatic rings. The van der Waals surface area contributed by atoms with Crippen molar-refractivity contribution < 1.29 is 14.4 Å². The number of hydrogen-bond acceptors (Lipinski definition) is 3. The maximum Gasteiger partial charge on any atom is 0.250 e. The lowest BCUT2D eigenvalue weighted by molar-refractivity contribution is -0.111. The van der Waals surface area contributed by atoms with E-state index >= 15 is 0 Å². The van der Waals surface area contributed by atoms with E-state index < -0.39 is 5.91 Å². The number of nitrogens with one attached hydrogen (secondary N) is 1. The first kappa shape index (κ1) is 16.2. The summed E-state index contributed by atoms with van der Waals surface area (Å²) < 4.78 is 0. The van der Waals surface area contributed by atoms with Crippen LogP contribution in [0, 0.1) is 0 Å². The molecule has 0 saturated heterocycles. The van der Waals surface area contributed by atoms with Gasteiger partial charge in [0.2, 0.25) is 5.91 Å². The summed E-state index contributed by atoms with van der Waals surface area (Å²) in [5.74, 6) is -1.000. The smallest absolute Gasteiger partial charge is 0.250 e. The molecule has 2 rings (SSSR count). The molecule has 2 amide bonds. The van der Waals surface area contributed by atoms with Crippen LogP contribution in [0.4, 0.5) is 5.69 Å². The fourth-order valence-corrected chi connectivity index (χ4v) is 1.98. The highest BCUT2D eigenvalue weighted by molar-refractivity contribution is 6.07. The first-order valence-corrected chi connectivity index (χ1v) is 6.96. The van der Waals surface area contributed by atoms with Crippen LogP contribution in [-0.2, 0) is 4.79 Å². The van der Waals surface area contributed by atoms with Crippen molar-refractivity contribution in [3.63, 3.8) is 0 Å². The summed E-state index contributed by atoms with van der Waals surface area (Å²) in [4.78, 5) is 34.4. The number of Topliss-reactive ketones (excluding diaryl/α,β-unsaturated/α-hetero) is 1. The monoisotopic (exact) mass is 308 g/mol. The van der Waals surface area contributed by atoms with Gasteiger partial charge in [0.1, 0.15) is 0 Å². The average Bonchev–Trinajstić information content (AvgIpc) is 2.53. The Balaban J connectivity index is 2.07. The molecule has 5 nitrogen and oxygen atoms in total. The number of ketones is 1. The van der Waals surface area contributed by atoms with E-state index in [4.69, 9.17) is 5.73 Å². The fourth-order valence-electron chi connectivity index (χ4n) is 1.98. The number of amides is 2. The van der Waals surface area contributed by atoms with E-state index in [1.165, 1.54) is 13.0 Å². The summed E-state index contributed by atoms with van der Waals surface area (Å²) in [5.41, 5.74) is 7.27. The van der Waals surface area contributed by atoms with Gasteiger partial charge in [0, 0.05) is 11.6 Å². The maximum absolute atomic E-state index is 11.9. The highest BCUT2D eigenvalue weighted by Crippen LogP contribution is 2.14. The van der Waals surface area contributed by atoms with E-state index in [9.17, 15) is 14.4 Å². The fraction of sp³-hybridized carbons (Fsp3) is 0.0556. The summed E-state index contributed by atoms with van der Waals surface area (Å²) >= 11 is 0. The number of carbonyl (C=O) groups excluding carboxylic acids is 3. The van der Waals surface area contributed by atoms with E-state index in [1.807, 2.05) is 0 Å². The molecule has 0 fully saturated rings. The highest BCUT2D eigenvalue weighted by atomic mass is 16.2. The number of benzene rings is 2. The summed E-state index contributed by atoms with van der Waals surface area (Å²) in [6.07, 6.45) is 2.96. The van der Waals surface area contributed by atoms with Crippen LogP contribution in [0.1, 0.15) is 33.2 Å². The van der Waals surface area contributed by atoms with Crippen molar-refractivity contribution >= 4 is 29.4 Å². The van der Waals surface area contributed by atoms with Crippen LogP contribution in [0.5, 0.6) is 0 Å². The van der Waals surface area contributed by atoms with E-state index in [2.05, 4.69) is 5.32 Å². The van der Waals surface area contributed by atoms with Crippen LogP contribution in [0.15, 0.2) is 54.6 Å². The molecule has 0 aromatic heterocycles. The van der Waals surface area contributed by atoms with E-state index in [1.54, 1.807) is 54.6 Å². The quantitative estimate of drug-likeness (QED) is 0.657. The maximum atomic E-state index is 11.9. The van der Waals surface area contributed by atoms with Gasteiger partial charge in [0.25, 0.3) is 5.91 Å². The molecule has 0 saturated carbocycles. The van der Waals surface area contributed by atoms with Crippen molar-refractivity contribution in [1.29, 1.82) is 0 Å². The summed E-state index contributed by atoms with van der Waals surface area (Å²) in [6.45, 7) is 1.49. The van der Waals surface area contributed by atoms with Crippen LogP contribution >= 0.6 is 0 Å². The minimum absolute atomic E-state index is 0.0127. The van der Waals surface area contributed by atoms with Gasteiger partial charge >= 0.3 is 0 Å². The predicted octanol–water partition coefficient (Wildman–Crippen LogP) is 2.64. The molecule has 3 N–H and O–H groups in total. The van der Waals surface area contributed by atoms with Crippen LogP contribution in [0.3, 0.4) is 0 Å². The highest BCUT2D eigenvalue weighted by Gasteiger charge is 2.08. The Morgan fingerprint density at radius 2 is 1.65 bits per heavy atom. The number of primary amides is 1. The molecule has 0 radical (unpaired) electrons. The van der Waals surface area contributed by atoms with Gasteiger partial charge in [-0.15, -0.1) is 0 Å². The minimum atomic E-state index is -0.607. The molecule has 0 heterocycles. The van der Waals surface area contributed by atoms with Gasteiger partial charge in [0.15, 0.2) is 5.78 Å². The standard InChI is InChI=1S/C18H16N2O3/c1-12(21)14-9-6-13(7-10-14)8-11-17(22)20-16-5-3-2-4-15(16)18(19)23/h2-11H,1H3,(H2,19,23)(H,20,22). The summed E-state index contributed by atoms with van der Waals surface area (Å²) in [5, 5.41) is 2.61. The van der Waals surface area contributed by atoms with Crippen molar-refractivity contribution in [1.82, 2.24) is 0 Å². The molecule has 23 heavy (non-hydrogen) atoms. The Hall–Kier alpha value is -3.21. The van der Waals surface area contributed by atoms with Gasteiger partial charge in [-0.1, -0.05) is 36.4 Å². The van der Waals surface area contributed by atoms with E-state index in [-0.39, 0.29) is 17.3 Å². The van der Waals surface area contributed by atoms with Crippen LogP contribution in [0.25, 0.3) is 6.08 Å². The molecule has 0 bridgehead atoms. The molecule has 2 aromatic carbocycles. The Labute approximate surface area is 133 Å². The second kappa shape index (κ2) is 7.17. The van der Waals surface area contributed by atoms with Gasteiger partial charge in [-0.2, -0.15) is 0 Å². The molecular formula is C18H16N2O3. The number of nitrogens with two attached hydrogens (primary N) is 1. The van der Waals surface area contributed by atoms with Crippen LogP contribution in [0.2, 0.25) is 0 Å². The largest absolute Gasteiger partial charge is 0.366 e. The molecule has 0 spiro atoms. The number of para-hydroxylation sites is 1. The second-order valence-corrected chi connectivity index (χ2v) is 4.91. The SMILES string of the molecule is CC(=O)c1ccc(C=CC(=O)Nc2ccccc2C(N)=O)cc1. The lowest BCUT2D eigenvalue weighted by Crippen LogP contribution is -2.16.